The first-order valence-corrected chi connectivity index (χ1v) is 14.7. The van der Waals surface area contributed by atoms with Crippen LogP contribution in [0, 0.1) is 0 Å². The summed E-state index contributed by atoms with van der Waals surface area (Å²) in [6.45, 7) is 6.94. The number of ether oxygens (including phenoxy) is 1. The maximum absolute atomic E-state index is 10.6. The Labute approximate surface area is 262 Å². The minimum absolute atomic E-state index is 0.708. The molecular formula is C32H31F3N8O3. The zero-order chi connectivity index (χ0) is 32.1. The van der Waals surface area contributed by atoms with E-state index < -0.39 is 12.1 Å². The summed E-state index contributed by atoms with van der Waals surface area (Å²) in [6.07, 6.45) is 2.77. The number of hydrogen-bond acceptors (Lipinski definition) is 9. The van der Waals surface area contributed by atoms with Gasteiger partial charge in [0.05, 0.1) is 42.0 Å². The third kappa shape index (κ3) is 6.92. The molecule has 5 aromatic rings. The molecule has 2 aliphatic rings. The molecule has 0 amide bonds. The van der Waals surface area contributed by atoms with E-state index in [9.17, 15) is 13.2 Å². The number of benzene rings is 1. The van der Waals surface area contributed by atoms with Crippen molar-refractivity contribution >= 4 is 46.2 Å². The van der Waals surface area contributed by atoms with Crippen LogP contribution in [0.25, 0.3) is 40.0 Å². The number of nitrogens with zero attached hydrogens (tertiary/aromatic N) is 7. The van der Waals surface area contributed by atoms with Gasteiger partial charge in [0.15, 0.2) is 5.65 Å². The number of alkyl halides is 3. The summed E-state index contributed by atoms with van der Waals surface area (Å²) >= 11 is 0. The van der Waals surface area contributed by atoms with E-state index >= 15 is 0 Å². The highest BCUT2D eigenvalue weighted by Crippen LogP contribution is 2.31. The molecule has 7 rings (SSSR count). The number of fused-ring (bicyclic) bond motifs is 2. The number of pyridine rings is 2. The van der Waals surface area contributed by atoms with Gasteiger partial charge in [0.1, 0.15) is 11.5 Å². The molecule has 0 atom stereocenters. The van der Waals surface area contributed by atoms with Crippen LogP contribution in [-0.4, -0.2) is 94.3 Å². The Balaban J connectivity index is 0.000000480. The second-order valence-corrected chi connectivity index (χ2v) is 10.6. The van der Waals surface area contributed by atoms with Gasteiger partial charge in [-0.15, -0.1) is 0 Å². The molecule has 0 bridgehead atoms. The van der Waals surface area contributed by atoms with Crippen molar-refractivity contribution in [2.45, 2.75) is 6.18 Å². The van der Waals surface area contributed by atoms with Crippen LogP contribution in [0.3, 0.4) is 0 Å². The summed E-state index contributed by atoms with van der Waals surface area (Å²) in [7, 11) is 0. The van der Waals surface area contributed by atoms with Crippen LogP contribution in [0.1, 0.15) is 11.4 Å². The molecule has 238 valence electrons. The molecule has 11 nitrogen and oxygen atoms in total. The minimum Gasteiger partial charge on any atom is -0.475 e. The third-order valence-electron chi connectivity index (χ3n) is 7.61. The summed E-state index contributed by atoms with van der Waals surface area (Å²) in [5.74, 6) is -1.76. The van der Waals surface area contributed by atoms with Crippen LogP contribution in [-0.2, 0) is 9.53 Å². The van der Waals surface area contributed by atoms with Crippen LogP contribution in [0.5, 0.6) is 0 Å². The highest BCUT2D eigenvalue weighted by molar-refractivity contribution is 5.84. The van der Waals surface area contributed by atoms with Crippen molar-refractivity contribution in [1.82, 2.24) is 29.9 Å². The quantitative estimate of drug-likeness (QED) is 0.289. The summed E-state index contributed by atoms with van der Waals surface area (Å²) in [4.78, 5) is 28.3. The molecule has 2 aliphatic heterocycles. The molecule has 2 fully saturated rings. The fourth-order valence-corrected chi connectivity index (χ4v) is 5.34. The molecule has 0 unspecified atom stereocenters. The van der Waals surface area contributed by atoms with Gasteiger partial charge >= 0.3 is 12.1 Å². The van der Waals surface area contributed by atoms with Crippen molar-refractivity contribution in [3.63, 3.8) is 0 Å². The first kappa shape index (κ1) is 30.9. The van der Waals surface area contributed by atoms with Crippen molar-refractivity contribution in [3.8, 4) is 11.3 Å². The zero-order valence-electron chi connectivity index (χ0n) is 24.7. The summed E-state index contributed by atoms with van der Waals surface area (Å²) < 4.78 is 39.3. The largest absolute Gasteiger partial charge is 0.490 e. The Bertz CT molecular complexity index is 1850. The van der Waals surface area contributed by atoms with Crippen molar-refractivity contribution in [2.24, 2.45) is 0 Å². The fraction of sp³-hybridized carbons (Fsp3) is 0.281. The lowest BCUT2D eigenvalue weighted by molar-refractivity contribution is -0.192. The predicted octanol–water partition coefficient (Wildman–Crippen LogP) is 4.39. The van der Waals surface area contributed by atoms with E-state index in [1.807, 2.05) is 59.4 Å². The predicted molar refractivity (Wildman–Crippen MR) is 169 cm³/mol. The van der Waals surface area contributed by atoms with E-state index in [1.54, 1.807) is 0 Å². The molecule has 14 heteroatoms. The maximum Gasteiger partial charge on any atom is 0.490 e. The van der Waals surface area contributed by atoms with E-state index in [0.717, 1.165) is 90.0 Å². The summed E-state index contributed by atoms with van der Waals surface area (Å²) in [5.41, 5.74) is 6.45. The van der Waals surface area contributed by atoms with Crippen molar-refractivity contribution in [2.75, 3.05) is 62.3 Å². The standard InChI is InChI=1S/C30H30N8O.C2HF3O2/c1-2-4-25-22(3-1)5-7-24(34-25)8-9-26-29(23-6-10-28(32-21-23)37-15-13-31-14-16-37)38-30(35-26)27(11-12-33-38)36-17-19-39-20-18-36;3-2(4,5)1(6)7/h1-12,21,31H,13-20H2;(H,6,7)/b9-8+;. The van der Waals surface area contributed by atoms with E-state index in [4.69, 9.17) is 34.7 Å². The summed E-state index contributed by atoms with van der Waals surface area (Å²) in [6, 6.07) is 18.6. The smallest absolute Gasteiger partial charge is 0.475 e. The first-order chi connectivity index (χ1) is 22.3. The van der Waals surface area contributed by atoms with Gasteiger partial charge in [-0.05, 0) is 42.5 Å². The Morgan fingerprint density at radius 2 is 1.67 bits per heavy atom. The Hall–Kier alpha value is -5.08. The van der Waals surface area contributed by atoms with Gasteiger partial charge in [0.25, 0.3) is 0 Å². The number of aliphatic carboxylic acids is 1. The molecule has 0 radical (unpaired) electrons. The molecule has 0 saturated carbocycles. The van der Waals surface area contributed by atoms with Crippen LogP contribution in [0.2, 0.25) is 0 Å². The monoisotopic (exact) mass is 632 g/mol. The van der Waals surface area contributed by atoms with Gasteiger partial charge < -0.3 is 25.0 Å². The number of para-hydroxylation sites is 1. The molecule has 6 heterocycles. The number of morpholine rings is 1. The molecular weight excluding hydrogens is 601 g/mol. The number of carboxylic acid groups (broad SMARTS) is 1. The third-order valence-corrected chi connectivity index (χ3v) is 7.61. The molecule has 4 aromatic heterocycles. The molecule has 2 N–H and O–H groups in total. The number of nitrogens with one attached hydrogen (secondary N) is 1. The number of halogens is 3. The lowest BCUT2D eigenvalue weighted by atomic mass is 10.1. The van der Waals surface area contributed by atoms with Gasteiger partial charge in [-0.2, -0.15) is 18.3 Å². The zero-order valence-corrected chi connectivity index (χ0v) is 24.7. The molecule has 0 aliphatic carbocycles. The van der Waals surface area contributed by atoms with Crippen LogP contribution in [0.15, 0.2) is 67.0 Å². The number of rotatable bonds is 5. The SMILES string of the molecule is C(=C\c1nc2c(N3CCOCC3)ccnn2c1-c1ccc(N2CCNCC2)nc1)/c1ccc2ccccc2n1.O=C(O)C(F)(F)F. The van der Waals surface area contributed by atoms with Crippen molar-refractivity contribution in [1.29, 1.82) is 0 Å². The van der Waals surface area contributed by atoms with Gasteiger partial charge in [0, 0.05) is 56.4 Å². The first-order valence-electron chi connectivity index (χ1n) is 14.7. The average molecular weight is 633 g/mol. The van der Waals surface area contributed by atoms with Gasteiger partial charge in [0.2, 0.25) is 0 Å². The fourth-order valence-electron chi connectivity index (χ4n) is 5.34. The molecule has 2 saturated heterocycles. The summed E-state index contributed by atoms with van der Waals surface area (Å²) in [5, 5.41) is 16.4. The van der Waals surface area contributed by atoms with E-state index in [2.05, 4.69) is 39.4 Å². The van der Waals surface area contributed by atoms with Gasteiger partial charge in [-0.25, -0.2) is 24.3 Å². The van der Waals surface area contributed by atoms with Crippen molar-refractivity contribution < 1.29 is 27.8 Å². The average Bonchev–Trinajstić information content (AvgIpc) is 3.46. The second kappa shape index (κ2) is 13.5. The normalized spacial score (nSPS) is 15.7. The van der Waals surface area contributed by atoms with Gasteiger partial charge in [-0.1, -0.05) is 24.3 Å². The Morgan fingerprint density at radius 1 is 0.913 bits per heavy atom. The highest BCUT2D eigenvalue weighted by Gasteiger charge is 2.38. The van der Waals surface area contributed by atoms with E-state index in [0.29, 0.717) is 13.2 Å². The molecule has 46 heavy (non-hydrogen) atoms. The van der Waals surface area contributed by atoms with Gasteiger partial charge in [-0.3, -0.25) is 0 Å². The van der Waals surface area contributed by atoms with Crippen molar-refractivity contribution in [3.05, 3.63) is 78.4 Å². The Kier molecular flexibility index (Phi) is 9.08. The maximum atomic E-state index is 10.6. The van der Waals surface area contributed by atoms with Crippen LogP contribution in [0.4, 0.5) is 24.7 Å². The number of carbonyl (C=O) groups is 1. The lowest BCUT2D eigenvalue weighted by Gasteiger charge is -2.28. The van der Waals surface area contributed by atoms with E-state index in [-0.39, 0.29) is 0 Å². The topological polar surface area (TPSA) is 121 Å². The molecule has 0 spiro atoms. The van der Waals surface area contributed by atoms with Crippen LogP contribution < -0.4 is 15.1 Å². The molecule has 1 aromatic carbocycles. The number of aromatic nitrogens is 5. The lowest BCUT2D eigenvalue weighted by Crippen LogP contribution is -2.43. The van der Waals surface area contributed by atoms with Crippen LogP contribution >= 0.6 is 0 Å². The number of anilines is 2. The Morgan fingerprint density at radius 3 is 2.39 bits per heavy atom. The number of carboxylic acids is 1. The highest BCUT2D eigenvalue weighted by atomic mass is 19.4. The number of hydrogen-bond donors (Lipinski definition) is 2. The number of imidazole rings is 1. The number of piperazine rings is 1. The second-order valence-electron chi connectivity index (χ2n) is 10.6. The minimum atomic E-state index is -5.08. The van der Waals surface area contributed by atoms with E-state index in [1.165, 1.54) is 0 Å².